The molecule has 3 aromatic rings. The minimum atomic E-state index is -0.812. The van der Waals surface area contributed by atoms with E-state index in [-0.39, 0.29) is 11.9 Å². The minimum Gasteiger partial charge on any atom is -0.493 e. The Kier molecular flexibility index (Phi) is 5.57. The van der Waals surface area contributed by atoms with Crippen LogP contribution in [0.15, 0.2) is 71.8 Å². The lowest BCUT2D eigenvalue weighted by Crippen LogP contribution is -2.30. The van der Waals surface area contributed by atoms with E-state index in [1.165, 1.54) is 5.01 Å². The number of carbonyl (C=O) groups excluding carboxylic acids is 1. The van der Waals surface area contributed by atoms with Crippen molar-refractivity contribution < 1.29 is 19.0 Å². The lowest BCUT2D eigenvalue weighted by Gasteiger charge is -2.16. The molecular weight excluding hydrogens is 454 g/mol. The molecule has 0 aliphatic carbocycles. The number of nitrogens with one attached hydrogen (secondary N) is 1. The highest BCUT2D eigenvalue weighted by Crippen LogP contribution is 2.47. The normalized spacial score (nSPS) is 17.9. The number of ether oxygens (including phenoxy) is 3. The third kappa shape index (κ3) is 4.26. The van der Waals surface area contributed by atoms with Crippen molar-refractivity contribution in [2.75, 3.05) is 19.0 Å². The summed E-state index contributed by atoms with van der Waals surface area (Å²) in [5.41, 5.74) is 3.33. The summed E-state index contributed by atoms with van der Waals surface area (Å²) in [5.74, 6) is 0.619. The number of rotatable bonds is 4. The Hall–Kier alpha value is -3.71. The van der Waals surface area contributed by atoms with E-state index in [1.807, 2.05) is 68.4 Å². The van der Waals surface area contributed by atoms with Crippen LogP contribution in [0.1, 0.15) is 30.9 Å². The topological polar surface area (TPSA) is 72.4 Å². The molecule has 0 saturated heterocycles. The highest BCUT2D eigenvalue weighted by Gasteiger charge is 2.36. The number of hydrazone groups is 1. The van der Waals surface area contributed by atoms with Gasteiger partial charge in [-0.3, -0.25) is 0 Å². The summed E-state index contributed by atoms with van der Waals surface area (Å²) in [5, 5.41) is 9.69. The van der Waals surface area contributed by atoms with E-state index in [9.17, 15) is 4.79 Å². The second-order valence-electron chi connectivity index (χ2n) is 8.58. The fourth-order valence-electron chi connectivity index (χ4n) is 4.15. The SMILES string of the molecule is COc1cc(NC(=O)N2CC(c3ccccc3)C(c3ccc(Cl)cc3)=N2)cc2c1OC(C)(C)O2. The van der Waals surface area contributed by atoms with Crippen LogP contribution in [-0.4, -0.2) is 36.2 Å². The molecular formula is C26H24ClN3O4. The van der Waals surface area contributed by atoms with Gasteiger partial charge in [-0.15, -0.1) is 0 Å². The van der Waals surface area contributed by atoms with Gasteiger partial charge in [0, 0.05) is 36.9 Å². The van der Waals surface area contributed by atoms with Crippen LogP contribution in [-0.2, 0) is 0 Å². The fourth-order valence-corrected chi connectivity index (χ4v) is 4.28. The number of fused-ring (bicyclic) bond motifs is 1. The standard InChI is InChI=1S/C26H24ClN3O4/c1-26(2)33-22-14-19(13-21(32-3)24(22)34-26)28-25(31)30-15-20(16-7-5-4-6-8-16)23(29-30)17-9-11-18(27)12-10-17/h4-14,20H,15H2,1-3H3,(H,28,31). The van der Waals surface area contributed by atoms with Gasteiger partial charge in [-0.1, -0.05) is 54.1 Å². The summed E-state index contributed by atoms with van der Waals surface area (Å²) in [6.45, 7) is 4.03. The molecule has 2 aliphatic heterocycles. The highest BCUT2D eigenvalue weighted by molar-refractivity contribution is 6.30. The lowest BCUT2D eigenvalue weighted by molar-refractivity contribution is -0.0439. The molecule has 0 bridgehead atoms. The molecule has 2 heterocycles. The summed E-state index contributed by atoms with van der Waals surface area (Å²) < 4.78 is 17.1. The van der Waals surface area contributed by atoms with Crippen molar-refractivity contribution in [1.29, 1.82) is 0 Å². The van der Waals surface area contributed by atoms with Crippen LogP contribution in [0.25, 0.3) is 0 Å². The molecule has 34 heavy (non-hydrogen) atoms. The summed E-state index contributed by atoms with van der Waals surface area (Å²) >= 11 is 6.08. The third-order valence-electron chi connectivity index (χ3n) is 5.69. The van der Waals surface area contributed by atoms with Crippen LogP contribution in [0.2, 0.25) is 5.02 Å². The van der Waals surface area contributed by atoms with Crippen LogP contribution >= 0.6 is 11.6 Å². The molecule has 1 unspecified atom stereocenters. The number of hydrogen-bond acceptors (Lipinski definition) is 5. The van der Waals surface area contributed by atoms with Crippen molar-refractivity contribution in [2.45, 2.75) is 25.6 Å². The van der Waals surface area contributed by atoms with E-state index < -0.39 is 5.79 Å². The van der Waals surface area contributed by atoms with Crippen LogP contribution in [0.5, 0.6) is 17.2 Å². The molecule has 3 aromatic carbocycles. The summed E-state index contributed by atoms with van der Waals surface area (Å²) in [7, 11) is 1.55. The Balaban J connectivity index is 1.43. The van der Waals surface area contributed by atoms with Crippen LogP contribution in [0, 0.1) is 0 Å². The molecule has 5 rings (SSSR count). The first-order valence-corrected chi connectivity index (χ1v) is 11.3. The summed E-state index contributed by atoms with van der Waals surface area (Å²) in [6.07, 6.45) is 0. The van der Waals surface area contributed by atoms with Crippen molar-refractivity contribution in [2.24, 2.45) is 5.10 Å². The number of halogens is 1. The number of urea groups is 1. The predicted molar refractivity (Wildman–Crippen MR) is 131 cm³/mol. The quantitative estimate of drug-likeness (QED) is 0.508. The first-order valence-electron chi connectivity index (χ1n) is 10.9. The zero-order valence-electron chi connectivity index (χ0n) is 19.0. The molecule has 0 spiro atoms. The van der Waals surface area contributed by atoms with Crippen LogP contribution in [0.3, 0.4) is 0 Å². The Morgan fingerprint density at radius 2 is 1.85 bits per heavy atom. The molecule has 2 aliphatic rings. The average Bonchev–Trinajstić information content (AvgIpc) is 3.40. The van der Waals surface area contributed by atoms with E-state index in [2.05, 4.69) is 10.4 Å². The van der Waals surface area contributed by atoms with Gasteiger partial charge in [0.05, 0.1) is 25.1 Å². The second-order valence-corrected chi connectivity index (χ2v) is 9.01. The number of nitrogens with zero attached hydrogens (tertiary/aromatic N) is 2. The van der Waals surface area contributed by atoms with Crippen molar-refractivity contribution in [3.05, 3.63) is 82.9 Å². The van der Waals surface area contributed by atoms with E-state index in [4.69, 9.17) is 25.8 Å². The molecule has 7 nitrogen and oxygen atoms in total. The van der Waals surface area contributed by atoms with Gasteiger partial charge in [0.1, 0.15) is 0 Å². The third-order valence-corrected chi connectivity index (χ3v) is 5.94. The zero-order chi connectivity index (χ0) is 23.9. The van der Waals surface area contributed by atoms with E-state index in [1.54, 1.807) is 19.2 Å². The van der Waals surface area contributed by atoms with Gasteiger partial charge in [-0.05, 0) is 23.3 Å². The van der Waals surface area contributed by atoms with Crippen molar-refractivity contribution in [1.82, 2.24) is 5.01 Å². The Labute approximate surface area is 202 Å². The largest absolute Gasteiger partial charge is 0.493 e. The predicted octanol–water partition coefficient (Wildman–Crippen LogP) is 5.89. The van der Waals surface area contributed by atoms with E-state index in [0.29, 0.717) is 34.5 Å². The number of anilines is 1. The highest BCUT2D eigenvalue weighted by atomic mass is 35.5. The lowest BCUT2D eigenvalue weighted by atomic mass is 9.91. The number of amides is 2. The molecule has 2 amide bonds. The molecule has 1 atom stereocenters. The van der Waals surface area contributed by atoms with Crippen LogP contribution in [0.4, 0.5) is 10.5 Å². The van der Waals surface area contributed by atoms with Crippen molar-refractivity contribution in [3.63, 3.8) is 0 Å². The maximum Gasteiger partial charge on any atom is 0.342 e. The zero-order valence-corrected chi connectivity index (χ0v) is 19.8. The van der Waals surface area contributed by atoms with Crippen molar-refractivity contribution >= 4 is 29.0 Å². The monoisotopic (exact) mass is 477 g/mol. The number of benzene rings is 3. The van der Waals surface area contributed by atoms with E-state index >= 15 is 0 Å². The van der Waals surface area contributed by atoms with Gasteiger partial charge in [0.2, 0.25) is 11.5 Å². The first kappa shape index (κ1) is 22.1. The molecule has 1 N–H and O–H groups in total. The van der Waals surface area contributed by atoms with Gasteiger partial charge in [0.25, 0.3) is 0 Å². The molecule has 0 saturated carbocycles. The number of hydrogen-bond donors (Lipinski definition) is 1. The van der Waals surface area contributed by atoms with Gasteiger partial charge < -0.3 is 19.5 Å². The fraction of sp³-hybridized carbons (Fsp3) is 0.231. The second kappa shape index (κ2) is 8.57. The van der Waals surface area contributed by atoms with Gasteiger partial charge in [-0.2, -0.15) is 5.10 Å². The molecule has 0 fully saturated rings. The van der Waals surface area contributed by atoms with E-state index in [0.717, 1.165) is 16.8 Å². The van der Waals surface area contributed by atoms with Crippen LogP contribution < -0.4 is 19.5 Å². The smallest absolute Gasteiger partial charge is 0.342 e. The summed E-state index contributed by atoms with van der Waals surface area (Å²) in [6, 6.07) is 20.6. The Morgan fingerprint density at radius 3 is 2.56 bits per heavy atom. The maximum atomic E-state index is 13.2. The number of carbonyl (C=O) groups is 1. The molecule has 8 heteroatoms. The van der Waals surface area contributed by atoms with Gasteiger partial charge >= 0.3 is 6.03 Å². The minimum absolute atomic E-state index is 0.0692. The average molecular weight is 478 g/mol. The summed E-state index contributed by atoms with van der Waals surface area (Å²) in [4.78, 5) is 13.2. The number of methoxy groups -OCH3 is 1. The molecule has 0 radical (unpaired) electrons. The van der Waals surface area contributed by atoms with Crippen molar-refractivity contribution in [3.8, 4) is 17.2 Å². The molecule has 174 valence electrons. The van der Waals surface area contributed by atoms with Gasteiger partial charge in [0.15, 0.2) is 11.5 Å². The molecule has 0 aromatic heterocycles. The Bertz CT molecular complexity index is 1260. The van der Waals surface area contributed by atoms with Gasteiger partial charge in [-0.25, -0.2) is 9.80 Å². The maximum absolute atomic E-state index is 13.2. The Morgan fingerprint density at radius 1 is 1.12 bits per heavy atom. The first-order chi connectivity index (χ1) is 16.3.